The fourth-order valence-corrected chi connectivity index (χ4v) is 2.42. The van der Waals surface area contributed by atoms with E-state index < -0.39 is 0 Å². The molecular formula is C14H19N5O2. The van der Waals surface area contributed by atoms with E-state index in [9.17, 15) is 4.79 Å². The first-order valence-corrected chi connectivity index (χ1v) is 7.25. The molecule has 1 aliphatic rings. The second-order valence-electron chi connectivity index (χ2n) is 5.13. The fourth-order valence-electron chi connectivity index (χ4n) is 2.42. The van der Waals surface area contributed by atoms with Crippen molar-refractivity contribution in [1.29, 1.82) is 0 Å². The SMILES string of the molecule is O=C(NCCCn1ccnc1)c1coc(C2CCCN2)n1. The maximum atomic E-state index is 12.0. The van der Waals surface area contributed by atoms with Gasteiger partial charge < -0.3 is 19.6 Å². The van der Waals surface area contributed by atoms with Crippen LogP contribution in [0.4, 0.5) is 0 Å². The molecule has 0 bridgehead atoms. The summed E-state index contributed by atoms with van der Waals surface area (Å²) in [5.74, 6) is 0.421. The van der Waals surface area contributed by atoms with Gasteiger partial charge in [-0.25, -0.2) is 9.97 Å². The maximum absolute atomic E-state index is 12.0. The molecular weight excluding hydrogens is 270 g/mol. The van der Waals surface area contributed by atoms with Gasteiger partial charge in [0.1, 0.15) is 6.26 Å². The van der Waals surface area contributed by atoms with Crippen molar-refractivity contribution in [1.82, 2.24) is 25.2 Å². The lowest BCUT2D eigenvalue weighted by Gasteiger charge is -2.04. The molecule has 3 rings (SSSR count). The Balaban J connectivity index is 1.44. The van der Waals surface area contributed by atoms with E-state index in [4.69, 9.17) is 4.42 Å². The minimum Gasteiger partial charge on any atom is -0.446 e. The summed E-state index contributed by atoms with van der Waals surface area (Å²) in [4.78, 5) is 20.2. The van der Waals surface area contributed by atoms with Crippen molar-refractivity contribution in [2.45, 2.75) is 31.8 Å². The van der Waals surface area contributed by atoms with Gasteiger partial charge in [-0.15, -0.1) is 0 Å². The standard InChI is InChI=1S/C14H19N5O2/c20-13(17-5-2-7-19-8-6-15-10-19)12-9-21-14(18-12)11-3-1-4-16-11/h6,8-11,16H,1-5,7H2,(H,17,20). The Labute approximate surface area is 122 Å². The van der Waals surface area contributed by atoms with Crippen molar-refractivity contribution < 1.29 is 9.21 Å². The highest BCUT2D eigenvalue weighted by Crippen LogP contribution is 2.21. The Bertz CT molecular complexity index is 572. The summed E-state index contributed by atoms with van der Waals surface area (Å²) >= 11 is 0. The van der Waals surface area contributed by atoms with E-state index in [2.05, 4.69) is 20.6 Å². The smallest absolute Gasteiger partial charge is 0.273 e. The molecule has 112 valence electrons. The molecule has 2 aromatic heterocycles. The molecule has 21 heavy (non-hydrogen) atoms. The van der Waals surface area contributed by atoms with Gasteiger partial charge in [-0.3, -0.25) is 4.79 Å². The molecule has 1 atom stereocenters. The number of nitrogens with one attached hydrogen (secondary N) is 2. The van der Waals surface area contributed by atoms with Gasteiger partial charge in [0.2, 0.25) is 5.89 Å². The summed E-state index contributed by atoms with van der Waals surface area (Å²) in [6, 6.07) is 0.146. The molecule has 0 radical (unpaired) electrons. The molecule has 3 heterocycles. The third kappa shape index (κ3) is 3.49. The van der Waals surface area contributed by atoms with Crippen molar-refractivity contribution in [3.8, 4) is 0 Å². The van der Waals surface area contributed by atoms with Crippen LogP contribution in [0.15, 0.2) is 29.4 Å². The van der Waals surface area contributed by atoms with E-state index in [0.29, 0.717) is 18.1 Å². The van der Waals surface area contributed by atoms with Gasteiger partial charge in [0.15, 0.2) is 5.69 Å². The number of nitrogens with zero attached hydrogens (tertiary/aromatic N) is 3. The lowest BCUT2D eigenvalue weighted by molar-refractivity contribution is 0.0947. The first-order valence-electron chi connectivity index (χ1n) is 7.25. The molecule has 2 N–H and O–H groups in total. The quantitative estimate of drug-likeness (QED) is 0.778. The summed E-state index contributed by atoms with van der Waals surface area (Å²) in [5.41, 5.74) is 0.348. The predicted molar refractivity (Wildman–Crippen MR) is 75.7 cm³/mol. The average Bonchev–Trinajstić information content (AvgIpc) is 3.25. The second kappa shape index (κ2) is 6.53. The third-order valence-electron chi connectivity index (χ3n) is 3.55. The number of hydrogen-bond acceptors (Lipinski definition) is 5. The van der Waals surface area contributed by atoms with Gasteiger partial charge >= 0.3 is 0 Å². The Hall–Kier alpha value is -2.15. The average molecular weight is 289 g/mol. The zero-order valence-electron chi connectivity index (χ0n) is 11.8. The number of oxazole rings is 1. The van der Waals surface area contributed by atoms with Crippen molar-refractivity contribution in [2.24, 2.45) is 0 Å². The fraction of sp³-hybridized carbons (Fsp3) is 0.500. The Morgan fingerprint density at radius 3 is 3.29 bits per heavy atom. The number of carbonyl (C=O) groups is 1. The Morgan fingerprint density at radius 1 is 1.57 bits per heavy atom. The van der Waals surface area contributed by atoms with E-state index in [1.807, 2.05) is 10.8 Å². The van der Waals surface area contributed by atoms with Crippen LogP contribution >= 0.6 is 0 Å². The molecule has 7 nitrogen and oxygen atoms in total. The van der Waals surface area contributed by atoms with Gasteiger partial charge in [0.25, 0.3) is 5.91 Å². The van der Waals surface area contributed by atoms with Gasteiger partial charge in [0.05, 0.1) is 12.4 Å². The van der Waals surface area contributed by atoms with Gasteiger partial charge in [-0.2, -0.15) is 0 Å². The van der Waals surface area contributed by atoms with Crippen LogP contribution in [-0.4, -0.2) is 33.5 Å². The van der Waals surface area contributed by atoms with Crippen LogP contribution in [0.1, 0.15) is 41.7 Å². The minimum absolute atomic E-state index is 0.146. The highest BCUT2D eigenvalue weighted by molar-refractivity contribution is 5.91. The number of carbonyl (C=O) groups excluding carboxylic acids is 1. The zero-order chi connectivity index (χ0) is 14.5. The highest BCUT2D eigenvalue weighted by atomic mass is 16.3. The second-order valence-corrected chi connectivity index (χ2v) is 5.13. The summed E-state index contributed by atoms with van der Waals surface area (Å²) < 4.78 is 7.37. The van der Waals surface area contributed by atoms with E-state index in [0.717, 1.165) is 32.4 Å². The molecule has 1 aliphatic heterocycles. The molecule has 0 aliphatic carbocycles. The number of rotatable bonds is 6. The first kappa shape index (κ1) is 13.8. The largest absolute Gasteiger partial charge is 0.446 e. The minimum atomic E-state index is -0.186. The Morgan fingerprint density at radius 2 is 2.52 bits per heavy atom. The summed E-state index contributed by atoms with van der Waals surface area (Å²) in [6.07, 6.45) is 9.81. The Kier molecular flexibility index (Phi) is 4.30. The molecule has 0 aromatic carbocycles. The number of imidazole rings is 1. The molecule has 1 fully saturated rings. The highest BCUT2D eigenvalue weighted by Gasteiger charge is 2.22. The lowest BCUT2D eigenvalue weighted by Crippen LogP contribution is -2.25. The molecule has 1 saturated heterocycles. The normalized spacial score (nSPS) is 18.0. The number of hydrogen-bond donors (Lipinski definition) is 2. The van der Waals surface area contributed by atoms with E-state index in [-0.39, 0.29) is 11.9 Å². The van der Waals surface area contributed by atoms with Gasteiger partial charge in [0, 0.05) is 25.5 Å². The molecule has 2 aromatic rings. The van der Waals surface area contributed by atoms with E-state index >= 15 is 0 Å². The van der Waals surface area contributed by atoms with Crippen LogP contribution in [0.2, 0.25) is 0 Å². The maximum Gasteiger partial charge on any atom is 0.273 e. The van der Waals surface area contributed by atoms with Crippen LogP contribution in [0.5, 0.6) is 0 Å². The van der Waals surface area contributed by atoms with Crippen molar-refractivity contribution in [3.05, 3.63) is 36.6 Å². The molecule has 0 saturated carbocycles. The van der Waals surface area contributed by atoms with E-state index in [1.54, 1.807) is 12.5 Å². The lowest BCUT2D eigenvalue weighted by atomic mass is 10.2. The van der Waals surface area contributed by atoms with Crippen molar-refractivity contribution in [3.63, 3.8) is 0 Å². The summed E-state index contributed by atoms with van der Waals surface area (Å²) in [6.45, 7) is 2.40. The van der Waals surface area contributed by atoms with Gasteiger partial charge in [-0.1, -0.05) is 0 Å². The third-order valence-corrected chi connectivity index (χ3v) is 3.55. The van der Waals surface area contributed by atoms with Crippen LogP contribution in [0.25, 0.3) is 0 Å². The summed E-state index contributed by atoms with van der Waals surface area (Å²) in [7, 11) is 0. The molecule has 1 unspecified atom stereocenters. The molecule has 1 amide bonds. The van der Waals surface area contributed by atoms with Crippen LogP contribution in [0, 0.1) is 0 Å². The number of amides is 1. The first-order chi connectivity index (χ1) is 10.3. The van der Waals surface area contributed by atoms with Crippen LogP contribution < -0.4 is 10.6 Å². The predicted octanol–water partition coefficient (Wildman–Crippen LogP) is 1.12. The monoisotopic (exact) mass is 289 g/mol. The summed E-state index contributed by atoms with van der Waals surface area (Å²) in [5, 5.41) is 6.15. The number of aryl methyl sites for hydroxylation is 1. The topological polar surface area (TPSA) is 85.0 Å². The van der Waals surface area contributed by atoms with Crippen molar-refractivity contribution in [2.75, 3.05) is 13.1 Å². The van der Waals surface area contributed by atoms with Crippen LogP contribution in [-0.2, 0) is 6.54 Å². The number of aromatic nitrogens is 3. The van der Waals surface area contributed by atoms with E-state index in [1.165, 1.54) is 6.26 Å². The van der Waals surface area contributed by atoms with Crippen molar-refractivity contribution >= 4 is 5.91 Å². The van der Waals surface area contributed by atoms with Gasteiger partial charge in [-0.05, 0) is 25.8 Å². The van der Waals surface area contributed by atoms with Crippen LogP contribution in [0.3, 0.4) is 0 Å². The molecule has 0 spiro atoms. The molecule has 7 heteroatoms. The zero-order valence-corrected chi connectivity index (χ0v) is 11.8.